The van der Waals surface area contributed by atoms with Crippen LogP contribution >= 0.6 is 22.9 Å². The maximum absolute atomic E-state index is 6.25. The van der Waals surface area contributed by atoms with Crippen LogP contribution in [0.1, 0.15) is 34.0 Å². The summed E-state index contributed by atoms with van der Waals surface area (Å²) in [4.78, 5) is 2.64. The summed E-state index contributed by atoms with van der Waals surface area (Å²) in [5, 5.41) is 8.43. The van der Waals surface area contributed by atoms with Crippen LogP contribution in [0.5, 0.6) is 0 Å². The number of nitrogens with one attached hydrogen (secondary N) is 1. The van der Waals surface area contributed by atoms with Gasteiger partial charge in [0.2, 0.25) is 0 Å². The Morgan fingerprint density at radius 1 is 1.50 bits per heavy atom. The molecular formula is C13H18ClN3S. The lowest BCUT2D eigenvalue weighted by atomic mass is 10.1. The molecule has 0 saturated carbocycles. The van der Waals surface area contributed by atoms with Crippen LogP contribution in [-0.4, -0.2) is 16.3 Å². The monoisotopic (exact) mass is 283 g/mol. The molecule has 2 heterocycles. The fourth-order valence-electron chi connectivity index (χ4n) is 2.03. The van der Waals surface area contributed by atoms with E-state index in [-0.39, 0.29) is 6.04 Å². The van der Waals surface area contributed by atoms with Crippen molar-refractivity contribution in [2.45, 2.75) is 26.8 Å². The largest absolute Gasteiger partial charge is 0.305 e. The molecule has 0 aliphatic heterocycles. The minimum absolute atomic E-state index is 0.118. The minimum atomic E-state index is 0.118. The molecule has 0 aromatic carbocycles. The van der Waals surface area contributed by atoms with Gasteiger partial charge in [-0.25, -0.2) is 0 Å². The lowest BCUT2D eigenvalue weighted by molar-refractivity contribution is 0.579. The van der Waals surface area contributed by atoms with Crippen LogP contribution in [0.3, 0.4) is 0 Å². The van der Waals surface area contributed by atoms with Gasteiger partial charge in [-0.3, -0.25) is 4.68 Å². The summed E-state index contributed by atoms with van der Waals surface area (Å²) in [6, 6.07) is 2.35. The number of hydrogen-bond acceptors (Lipinski definition) is 3. The summed E-state index contributed by atoms with van der Waals surface area (Å²) in [5.41, 5.74) is 2.36. The molecule has 0 aliphatic rings. The molecule has 18 heavy (non-hydrogen) atoms. The van der Waals surface area contributed by atoms with Gasteiger partial charge in [0.25, 0.3) is 0 Å². The Morgan fingerprint density at radius 2 is 2.22 bits per heavy atom. The zero-order valence-corrected chi connectivity index (χ0v) is 12.7. The first-order valence-corrected chi connectivity index (χ1v) is 7.21. The van der Waals surface area contributed by atoms with Gasteiger partial charge in [0.15, 0.2) is 0 Å². The first-order valence-electron chi connectivity index (χ1n) is 6.02. The maximum atomic E-state index is 6.25. The highest BCUT2D eigenvalue weighted by Crippen LogP contribution is 2.33. The van der Waals surface area contributed by atoms with E-state index in [0.717, 1.165) is 12.2 Å². The molecule has 1 N–H and O–H groups in total. The smallest absolute Gasteiger partial charge is 0.0857 e. The maximum Gasteiger partial charge on any atom is 0.0857 e. The van der Waals surface area contributed by atoms with Crippen molar-refractivity contribution in [3.8, 4) is 0 Å². The fourth-order valence-corrected chi connectivity index (χ4v) is 3.42. The lowest BCUT2D eigenvalue weighted by Gasteiger charge is -2.17. The van der Waals surface area contributed by atoms with Gasteiger partial charge >= 0.3 is 0 Å². The summed E-state index contributed by atoms with van der Waals surface area (Å²) >= 11 is 8.07. The molecule has 0 radical (unpaired) electrons. The quantitative estimate of drug-likeness (QED) is 0.931. The van der Waals surface area contributed by atoms with Gasteiger partial charge in [-0.2, -0.15) is 5.10 Å². The summed E-state index contributed by atoms with van der Waals surface area (Å²) in [7, 11) is 1.93. The first-order chi connectivity index (χ1) is 8.54. The third kappa shape index (κ3) is 2.46. The number of aromatic nitrogens is 2. The molecule has 0 saturated heterocycles. The second kappa shape index (κ2) is 5.43. The van der Waals surface area contributed by atoms with E-state index in [2.05, 4.69) is 37.3 Å². The molecule has 0 bridgehead atoms. The molecule has 2 aromatic heterocycles. The number of nitrogens with zero attached hydrogens (tertiary/aromatic N) is 2. The summed E-state index contributed by atoms with van der Waals surface area (Å²) in [5.74, 6) is 0. The number of thiophene rings is 1. The zero-order valence-electron chi connectivity index (χ0n) is 11.1. The molecule has 0 aliphatic carbocycles. The van der Waals surface area contributed by atoms with Crippen molar-refractivity contribution < 1.29 is 0 Å². The molecular weight excluding hydrogens is 266 g/mol. The second-order valence-corrected chi connectivity index (χ2v) is 6.08. The predicted octanol–water partition coefficient (Wildman–Crippen LogP) is 3.45. The average Bonchev–Trinajstić information content (AvgIpc) is 2.81. The molecule has 5 heteroatoms. The van der Waals surface area contributed by atoms with Crippen LogP contribution < -0.4 is 5.32 Å². The van der Waals surface area contributed by atoms with E-state index >= 15 is 0 Å². The summed E-state index contributed by atoms with van der Waals surface area (Å²) < 4.78 is 1.85. The van der Waals surface area contributed by atoms with Crippen molar-refractivity contribution in [1.29, 1.82) is 0 Å². The highest BCUT2D eigenvalue weighted by atomic mass is 35.5. The Kier molecular flexibility index (Phi) is 4.10. The van der Waals surface area contributed by atoms with Gasteiger partial charge in [0.1, 0.15) is 0 Å². The highest BCUT2D eigenvalue weighted by Gasteiger charge is 2.22. The molecule has 1 unspecified atom stereocenters. The molecule has 3 nitrogen and oxygen atoms in total. The summed E-state index contributed by atoms with van der Waals surface area (Å²) in [6.45, 7) is 7.29. The Hall–Kier alpha value is -0.840. The normalized spacial score (nSPS) is 12.9. The Bertz CT molecular complexity index is 505. The Labute approximate surface area is 117 Å². The molecule has 2 aromatic rings. The van der Waals surface area contributed by atoms with E-state index < -0.39 is 0 Å². The Morgan fingerprint density at radius 3 is 2.67 bits per heavy atom. The topological polar surface area (TPSA) is 29.9 Å². The van der Waals surface area contributed by atoms with Crippen LogP contribution in [0.2, 0.25) is 5.02 Å². The molecule has 0 spiro atoms. The van der Waals surface area contributed by atoms with E-state index in [1.807, 2.05) is 23.1 Å². The molecule has 1 atom stereocenters. The SMILES string of the molecule is CCNC(c1cc(C)c(C)s1)c1c(Cl)cnn1C. The number of hydrogen-bond donors (Lipinski definition) is 1. The van der Waals surface area contributed by atoms with Crippen LogP contribution in [-0.2, 0) is 7.05 Å². The van der Waals surface area contributed by atoms with E-state index in [9.17, 15) is 0 Å². The van der Waals surface area contributed by atoms with Crippen LogP contribution in [0.15, 0.2) is 12.3 Å². The second-order valence-electron chi connectivity index (χ2n) is 4.38. The average molecular weight is 284 g/mol. The molecule has 0 amide bonds. The van der Waals surface area contributed by atoms with Crippen molar-refractivity contribution in [1.82, 2.24) is 15.1 Å². The van der Waals surface area contributed by atoms with Gasteiger partial charge in [-0.15, -0.1) is 11.3 Å². The molecule has 2 rings (SSSR count). The lowest BCUT2D eigenvalue weighted by Crippen LogP contribution is -2.23. The third-order valence-electron chi connectivity index (χ3n) is 3.09. The predicted molar refractivity (Wildman–Crippen MR) is 77.5 cm³/mol. The van der Waals surface area contributed by atoms with Crippen molar-refractivity contribution in [2.75, 3.05) is 6.54 Å². The van der Waals surface area contributed by atoms with E-state index in [1.165, 1.54) is 15.3 Å². The fraction of sp³-hybridized carbons (Fsp3) is 0.462. The van der Waals surface area contributed by atoms with E-state index in [4.69, 9.17) is 11.6 Å². The van der Waals surface area contributed by atoms with Gasteiger partial charge < -0.3 is 5.32 Å². The molecule has 98 valence electrons. The van der Waals surface area contributed by atoms with Gasteiger partial charge in [0, 0.05) is 16.8 Å². The number of rotatable bonds is 4. The van der Waals surface area contributed by atoms with Gasteiger partial charge in [0.05, 0.1) is 23.0 Å². The number of halogens is 1. The van der Waals surface area contributed by atoms with Gasteiger partial charge in [-0.1, -0.05) is 18.5 Å². The minimum Gasteiger partial charge on any atom is -0.305 e. The van der Waals surface area contributed by atoms with Crippen molar-refractivity contribution >= 4 is 22.9 Å². The molecule has 0 fully saturated rings. The highest BCUT2D eigenvalue weighted by molar-refractivity contribution is 7.12. The Balaban J connectivity index is 2.46. The van der Waals surface area contributed by atoms with Crippen LogP contribution in [0.4, 0.5) is 0 Å². The van der Waals surface area contributed by atoms with Crippen molar-refractivity contribution in [2.24, 2.45) is 7.05 Å². The van der Waals surface area contributed by atoms with E-state index in [1.54, 1.807) is 6.20 Å². The zero-order chi connectivity index (χ0) is 13.3. The standard InChI is InChI=1S/C13H18ClN3S/c1-5-15-12(11-6-8(2)9(3)18-11)13-10(14)7-16-17(13)4/h6-7,12,15H,5H2,1-4H3. The van der Waals surface area contributed by atoms with Crippen LogP contribution in [0.25, 0.3) is 0 Å². The third-order valence-corrected chi connectivity index (χ3v) is 4.60. The van der Waals surface area contributed by atoms with Crippen LogP contribution in [0, 0.1) is 13.8 Å². The van der Waals surface area contributed by atoms with Crippen molar-refractivity contribution in [3.05, 3.63) is 38.3 Å². The van der Waals surface area contributed by atoms with Gasteiger partial charge in [-0.05, 0) is 32.0 Å². The first kappa shape index (κ1) is 13.6. The number of aryl methyl sites for hydroxylation is 3. The van der Waals surface area contributed by atoms with E-state index in [0.29, 0.717) is 5.02 Å². The van der Waals surface area contributed by atoms with Crippen molar-refractivity contribution in [3.63, 3.8) is 0 Å². The summed E-state index contributed by atoms with van der Waals surface area (Å²) in [6.07, 6.45) is 1.70.